The standard InChI is InChI=1S/C19H18N6O/c1-12-20-10-18(25(12)3)17-5-13-4-16(21-7-14(13)8-22-17)6-19(26)15-9-23-24(2)11-15/h4-5,7-11H,6H2,1-3H3. The van der Waals surface area contributed by atoms with Gasteiger partial charge < -0.3 is 4.57 Å². The van der Waals surface area contributed by atoms with E-state index in [2.05, 4.69) is 20.1 Å². The van der Waals surface area contributed by atoms with Gasteiger partial charge in [0, 0.05) is 43.8 Å². The van der Waals surface area contributed by atoms with Gasteiger partial charge in [0.1, 0.15) is 5.82 Å². The molecule has 0 bridgehead atoms. The van der Waals surface area contributed by atoms with Gasteiger partial charge in [0.15, 0.2) is 5.78 Å². The van der Waals surface area contributed by atoms with Crippen molar-refractivity contribution in [2.45, 2.75) is 13.3 Å². The van der Waals surface area contributed by atoms with Crippen molar-refractivity contribution in [2.75, 3.05) is 0 Å². The third-order valence-electron chi connectivity index (χ3n) is 4.51. The van der Waals surface area contributed by atoms with Gasteiger partial charge >= 0.3 is 0 Å². The third-order valence-corrected chi connectivity index (χ3v) is 4.51. The average molecular weight is 346 g/mol. The summed E-state index contributed by atoms with van der Waals surface area (Å²) in [6.07, 6.45) is 8.91. The van der Waals surface area contributed by atoms with E-state index in [0.717, 1.165) is 33.7 Å². The zero-order valence-electron chi connectivity index (χ0n) is 14.8. The summed E-state index contributed by atoms with van der Waals surface area (Å²) in [5.74, 6) is 0.931. The number of hydrogen-bond donors (Lipinski definition) is 0. The maximum absolute atomic E-state index is 12.4. The van der Waals surface area contributed by atoms with Gasteiger partial charge in [-0.05, 0) is 24.4 Å². The number of carbonyl (C=O) groups excluding carboxylic acids is 1. The van der Waals surface area contributed by atoms with Crippen LogP contribution in [0.4, 0.5) is 0 Å². The predicted molar refractivity (Wildman–Crippen MR) is 97.7 cm³/mol. The molecule has 0 aliphatic rings. The number of Topliss-reactive ketones (excluding diaryl/α,β-unsaturated/α-hetero) is 1. The van der Waals surface area contributed by atoms with Crippen LogP contribution >= 0.6 is 0 Å². The second kappa shape index (κ2) is 6.18. The van der Waals surface area contributed by atoms with Crippen LogP contribution in [0.25, 0.3) is 22.2 Å². The van der Waals surface area contributed by atoms with Gasteiger partial charge in [0.2, 0.25) is 0 Å². The molecule has 0 radical (unpaired) electrons. The lowest BCUT2D eigenvalue weighted by atomic mass is 10.1. The highest BCUT2D eigenvalue weighted by Crippen LogP contribution is 2.22. The molecule has 4 heterocycles. The van der Waals surface area contributed by atoms with E-state index in [9.17, 15) is 4.79 Å². The van der Waals surface area contributed by atoms with E-state index in [0.29, 0.717) is 5.56 Å². The fourth-order valence-corrected chi connectivity index (χ4v) is 2.89. The summed E-state index contributed by atoms with van der Waals surface area (Å²) in [4.78, 5) is 25.6. The zero-order chi connectivity index (χ0) is 18.3. The number of hydrogen-bond acceptors (Lipinski definition) is 5. The molecule has 0 atom stereocenters. The van der Waals surface area contributed by atoms with E-state index in [4.69, 9.17) is 0 Å². The van der Waals surface area contributed by atoms with E-state index in [-0.39, 0.29) is 12.2 Å². The predicted octanol–water partition coefficient (Wildman–Crippen LogP) is 2.50. The number of imidazole rings is 1. The Hall–Kier alpha value is -3.35. The van der Waals surface area contributed by atoms with Gasteiger partial charge in [-0.25, -0.2) is 4.98 Å². The van der Waals surface area contributed by atoms with Gasteiger partial charge in [0.05, 0.1) is 35.8 Å². The van der Waals surface area contributed by atoms with Crippen molar-refractivity contribution in [3.63, 3.8) is 0 Å². The van der Waals surface area contributed by atoms with Crippen molar-refractivity contribution in [2.24, 2.45) is 14.1 Å². The average Bonchev–Trinajstić information content (AvgIpc) is 3.21. The quantitative estimate of drug-likeness (QED) is 0.531. The number of aryl methyl sites for hydroxylation is 2. The number of fused-ring (bicyclic) bond motifs is 1. The molecule has 4 aromatic rings. The van der Waals surface area contributed by atoms with Crippen LogP contribution in [-0.4, -0.2) is 35.1 Å². The van der Waals surface area contributed by atoms with Crippen molar-refractivity contribution < 1.29 is 4.79 Å². The molecule has 0 amide bonds. The number of rotatable bonds is 4. The van der Waals surface area contributed by atoms with Gasteiger partial charge in [-0.15, -0.1) is 0 Å². The summed E-state index contributed by atoms with van der Waals surface area (Å²) in [5, 5.41) is 5.98. The van der Waals surface area contributed by atoms with Crippen LogP contribution in [0.15, 0.2) is 43.1 Å². The molecule has 0 saturated carbocycles. The van der Waals surface area contributed by atoms with Gasteiger partial charge in [-0.3, -0.25) is 19.4 Å². The van der Waals surface area contributed by atoms with Crippen LogP contribution in [0.5, 0.6) is 0 Å². The van der Waals surface area contributed by atoms with Crippen LogP contribution in [0.2, 0.25) is 0 Å². The second-order valence-corrected chi connectivity index (χ2v) is 6.34. The lowest BCUT2D eigenvalue weighted by molar-refractivity contribution is 0.0992. The molecule has 0 N–H and O–H groups in total. The summed E-state index contributed by atoms with van der Waals surface area (Å²) < 4.78 is 3.62. The maximum Gasteiger partial charge on any atom is 0.171 e. The topological polar surface area (TPSA) is 78.5 Å². The molecule has 26 heavy (non-hydrogen) atoms. The van der Waals surface area contributed by atoms with Crippen molar-refractivity contribution in [3.8, 4) is 11.4 Å². The van der Waals surface area contributed by atoms with E-state index in [1.165, 1.54) is 0 Å². The Balaban J connectivity index is 1.67. The van der Waals surface area contributed by atoms with Crippen LogP contribution in [0.3, 0.4) is 0 Å². The highest BCUT2D eigenvalue weighted by Gasteiger charge is 2.12. The zero-order valence-corrected chi connectivity index (χ0v) is 14.8. The first-order valence-electron chi connectivity index (χ1n) is 8.26. The Morgan fingerprint density at radius 3 is 2.50 bits per heavy atom. The molecule has 0 aliphatic heterocycles. The normalized spacial score (nSPS) is 11.2. The minimum absolute atomic E-state index is 0.00138. The molecule has 7 heteroatoms. The summed E-state index contributed by atoms with van der Waals surface area (Å²) in [6, 6.07) is 3.95. The number of pyridine rings is 2. The Labute approximate surface area is 150 Å². The Morgan fingerprint density at radius 1 is 1.00 bits per heavy atom. The van der Waals surface area contributed by atoms with Gasteiger partial charge in [0.25, 0.3) is 0 Å². The first-order valence-corrected chi connectivity index (χ1v) is 8.26. The van der Waals surface area contributed by atoms with E-state index in [1.54, 1.807) is 36.5 Å². The largest absolute Gasteiger partial charge is 0.330 e. The SMILES string of the molecule is Cc1ncc(-c2cc3cc(CC(=O)c4cnn(C)c4)ncc3cn2)n1C. The highest BCUT2D eigenvalue weighted by atomic mass is 16.1. The van der Waals surface area contributed by atoms with Crippen LogP contribution in [0, 0.1) is 6.92 Å². The molecule has 130 valence electrons. The van der Waals surface area contributed by atoms with Crippen LogP contribution in [0.1, 0.15) is 21.9 Å². The van der Waals surface area contributed by atoms with E-state index < -0.39 is 0 Å². The Bertz CT molecular complexity index is 1120. The maximum atomic E-state index is 12.4. The molecule has 4 aromatic heterocycles. The fourth-order valence-electron chi connectivity index (χ4n) is 2.89. The molecule has 7 nitrogen and oxygen atoms in total. The Kier molecular flexibility index (Phi) is 3.84. The van der Waals surface area contributed by atoms with Crippen molar-refractivity contribution >= 4 is 16.6 Å². The molecule has 0 spiro atoms. The summed E-state index contributed by atoms with van der Waals surface area (Å²) in [5.41, 5.74) is 3.12. The molecule has 4 rings (SSSR count). The molecule has 0 fully saturated rings. The van der Waals surface area contributed by atoms with Crippen molar-refractivity contribution in [1.82, 2.24) is 29.3 Å². The first-order chi connectivity index (χ1) is 12.5. The van der Waals surface area contributed by atoms with Gasteiger partial charge in [-0.1, -0.05) is 0 Å². The lowest BCUT2D eigenvalue weighted by Gasteiger charge is -2.06. The number of carbonyl (C=O) groups is 1. The highest BCUT2D eigenvalue weighted by molar-refractivity contribution is 5.97. The second-order valence-electron chi connectivity index (χ2n) is 6.34. The smallest absolute Gasteiger partial charge is 0.171 e. The molecule has 0 aromatic carbocycles. The van der Waals surface area contributed by atoms with Crippen molar-refractivity contribution in [1.29, 1.82) is 0 Å². The fraction of sp³-hybridized carbons (Fsp3) is 0.211. The molecular formula is C19H18N6O. The minimum atomic E-state index is 0.00138. The third kappa shape index (κ3) is 2.88. The molecular weight excluding hydrogens is 328 g/mol. The Morgan fingerprint density at radius 2 is 1.81 bits per heavy atom. The summed E-state index contributed by atoms with van der Waals surface area (Å²) >= 11 is 0. The molecule has 0 saturated heterocycles. The number of nitrogens with zero attached hydrogens (tertiary/aromatic N) is 6. The first kappa shape index (κ1) is 16.1. The minimum Gasteiger partial charge on any atom is -0.330 e. The molecule has 0 unspecified atom stereocenters. The summed E-state index contributed by atoms with van der Waals surface area (Å²) in [7, 11) is 3.76. The monoisotopic (exact) mass is 346 g/mol. The van der Waals surface area contributed by atoms with E-state index >= 15 is 0 Å². The number of ketones is 1. The van der Waals surface area contributed by atoms with Crippen molar-refractivity contribution in [3.05, 3.63) is 60.2 Å². The molecule has 0 aliphatic carbocycles. The van der Waals surface area contributed by atoms with Crippen LogP contribution in [-0.2, 0) is 20.5 Å². The van der Waals surface area contributed by atoms with Gasteiger partial charge in [-0.2, -0.15) is 5.10 Å². The number of aromatic nitrogens is 6. The lowest BCUT2D eigenvalue weighted by Crippen LogP contribution is -2.04. The van der Waals surface area contributed by atoms with E-state index in [1.807, 2.05) is 36.9 Å². The van der Waals surface area contributed by atoms with Crippen LogP contribution < -0.4 is 0 Å². The summed E-state index contributed by atoms with van der Waals surface area (Å²) in [6.45, 7) is 1.95.